The summed E-state index contributed by atoms with van der Waals surface area (Å²) >= 11 is 0. The Morgan fingerprint density at radius 1 is 0.824 bits per heavy atom. The first-order chi connectivity index (χ1) is 15.9. The van der Waals surface area contributed by atoms with E-state index >= 15 is 0 Å². The molecule has 0 spiro atoms. The first-order valence-corrected chi connectivity index (χ1v) is 14.1. The molecule has 0 saturated carbocycles. The number of rotatable bonds is 14. The Bertz CT molecular complexity index is 769. The number of hydrogen-bond acceptors (Lipinski definition) is 3. The van der Waals surface area contributed by atoms with E-state index in [0.29, 0.717) is 0 Å². The maximum Gasteiger partial charge on any atom is 0.154 e. The van der Waals surface area contributed by atoms with Crippen molar-refractivity contribution < 1.29 is 9.57 Å². The third-order valence-electron chi connectivity index (χ3n) is 8.11. The van der Waals surface area contributed by atoms with Gasteiger partial charge in [-0.25, -0.2) is 0 Å². The molecule has 0 aromatic heterocycles. The number of ether oxygens (including phenoxy) is 1. The smallest absolute Gasteiger partial charge is 0.154 e. The fourth-order valence-electron chi connectivity index (χ4n) is 5.58. The van der Waals surface area contributed by atoms with Gasteiger partial charge in [-0.15, -0.1) is 0 Å². The molecule has 0 N–H and O–H groups in total. The fraction of sp³-hybridized carbons (Fsp3) is 0.806. The van der Waals surface area contributed by atoms with E-state index in [9.17, 15) is 0 Å². The van der Waals surface area contributed by atoms with E-state index in [1.54, 1.807) is 5.06 Å². The Labute approximate surface area is 211 Å². The minimum Gasteiger partial charge on any atom is -0.487 e. The summed E-state index contributed by atoms with van der Waals surface area (Å²) in [6, 6.07) is 0. The Hall–Kier alpha value is -1.22. The monoisotopic (exact) mass is 473 g/mol. The van der Waals surface area contributed by atoms with Crippen molar-refractivity contribution in [2.75, 3.05) is 14.1 Å². The molecule has 196 valence electrons. The maximum atomic E-state index is 6.75. The Morgan fingerprint density at radius 3 is 1.94 bits per heavy atom. The van der Waals surface area contributed by atoms with Gasteiger partial charge in [0, 0.05) is 30.8 Å². The van der Waals surface area contributed by atoms with Gasteiger partial charge in [-0.1, -0.05) is 72.6 Å². The van der Waals surface area contributed by atoms with Gasteiger partial charge in [-0.2, -0.15) is 5.06 Å². The molecule has 0 aliphatic carbocycles. The number of fused-ring (bicyclic) bond motifs is 1. The Kier molecular flexibility index (Phi) is 11.3. The van der Waals surface area contributed by atoms with Crippen molar-refractivity contribution in [3.63, 3.8) is 0 Å². The van der Waals surface area contributed by atoms with Gasteiger partial charge in [-0.3, -0.25) is 0 Å². The minimum absolute atomic E-state index is 0.0504. The van der Waals surface area contributed by atoms with E-state index in [0.717, 1.165) is 48.5 Å². The van der Waals surface area contributed by atoms with E-state index in [4.69, 9.17) is 9.57 Å². The summed E-state index contributed by atoms with van der Waals surface area (Å²) in [6.45, 7) is 18.4. The van der Waals surface area contributed by atoms with Crippen LogP contribution in [-0.4, -0.2) is 24.8 Å². The zero-order valence-corrected chi connectivity index (χ0v) is 24.3. The summed E-state index contributed by atoms with van der Waals surface area (Å²) in [4.78, 5) is 6.02. The first kappa shape index (κ1) is 29.0. The predicted molar refractivity (Wildman–Crippen MR) is 147 cm³/mol. The summed E-state index contributed by atoms with van der Waals surface area (Å²) in [5.41, 5.74) is 4.96. The van der Waals surface area contributed by atoms with E-state index in [1.807, 2.05) is 14.1 Å². The molecule has 1 heterocycles. The van der Waals surface area contributed by atoms with Gasteiger partial charge in [0.2, 0.25) is 0 Å². The third-order valence-corrected chi connectivity index (χ3v) is 8.11. The molecule has 2 rings (SSSR count). The van der Waals surface area contributed by atoms with Crippen LogP contribution in [0.3, 0.4) is 0 Å². The van der Waals surface area contributed by atoms with Crippen LogP contribution < -0.4 is 9.57 Å². The highest BCUT2D eigenvalue weighted by atomic mass is 16.7. The van der Waals surface area contributed by atoms with Crippen molar-refractivity contribution in [3.8, 4) is 11.5 Å². The molecule has 3 heteroatoms. The maximum absolute atomic E-state index is 6.75. The van der Waals surface area contributed by atoms with Crippen molar-refractivity contribution in [2.45, 2.75) is 132 Å². The summed E-state index contributed by atoms with van der Waals surface area (Å²) in [5, 5.41) is 1.78. The van der Waals surface area contributed by atoms with Crippen LogP contribution in [-0.2, 0) is 6.42 Å². The number of hydroxylamine groups is 2. The van der Waals surface area contributed by atoms with E-state index < -0.39 is 0 Å². The second-order valence-corrected chi connectivity index (χ2v) is 12.3. The van der Waals surface area contributed by atoms with Gasteiger partial charge in [-0.05, 0) is 76.7 Å². The average Bonchev–Trinajstić information content (AvgIpc) is 2.74. The molecule has 0 unspecified atom stereocenters. The predicted octanol–water partition coefficient (Wildman–Crippen LogP) is 8.99. The second kappa shape index (κ2) is 13.2. The van der Waals surface area contributed by atoms with E-state index in [-0.39, 0.29) is 5.60 Å². The van der Waals surface area contributed by atoms with Crippen molar-refractivity contribution in [2.24, 2.45) is 17.8 Å². The van der Waals surface area contributed by atoms with Gasteiger partial charge in [0.05, 0.1) is 0 Å². The molecule has 0 radical (unpaired) electrons. The quantitative estimate of drug-likeness (QED) is 0.252. The van der Waals surface area contributed by atoms with Gasteiger partial charge in [0.1, 0.15) is 11.4 Å². The van der Waals surface area contributed by atoms with Crippen molar-refractivity contribution >= 4 is 0 Å². The van der Waals surface area contributed by atoms with Crippen LogP contribution in [0, 0.1) is 38.5 Å². The summed E-state index contributed by atoms with van der Waals surface area (Å²) in [7, 11) is 3.88. The van der Waals surface area contributed by atoms with Gasteiger partial charge >= 0.3 is 0 Å². The van der Waals surface area contributed by atoms with E-state index in [2.05, 4.69) is 55.4 Å². The van der Waals surface area contributed by atoms with Crippen LogP contribution in [0.1, 0.15) is 121 Å². The molecule has 3 nitrogen and oxygen atoms in total. The van der Waals surface area contributed by atoms with Crippen molar-refractivity contribution in [3.05, 3.63) is 22.3 Å². The SMILES string of the molecule is Cc1c(C)c2c(c(C)c1ON(C)C)CC[C@@](C)(CCC[C@H](C)CCC[C@H](C)CCCC(C)C)O2. The number of nitrogens with zero attached hydrogens (tertiary/aromatic N) is 1. The molecule has 0 bridgehead atoms. The lowest BCUT2D eigenvalue weighted by molar-refractivity contribution is -0.00566. The van der Waals surface area contributed by atoms with Gasteiger partial charge < -0.3 is 9.57 Å². The highest BCUT2D eigenvalue weighted by molar-refractivity contribution is 5.58. The lowest BCUT2D eigenvalue weighted by Crippen LogP contribution is -2.37. The average molecular weight is 474 g/mol. The summed E-state index contributed by atoms with van der Waals surface area (Å²) in [5.74, 6) is 4.67. The zero-order valence-electron chi connectivity index (χ0n) is 24.3. The highest BCUT2D eigenvalue weighted by Crippen LogP contribution is 2.45. The van der Waals surface area contributed by atoms with Crippen LogP contribution in [0.25, 0.3) is 0 Å². The Balaban J connectivity index is 1.82. The molecule has 3 atom stereocenters. The van der Waals surface area contributed by atoms with E-state index in [1.165, 1.54) is 73.6 Å². The van der Waals surface area contributed by atoms with Crippen LogP contribution in [0.4, 0.5) is 0 Å². The normalized spacial score (nSPS) is 19.8. The van der Waals surface area contributed by atoms with Crippen LogP contribution in [0.15, 0.2) is 0 Å². The molecule has 1 aliphatic rings. The topological polar surface area (TPSA) is 21.7 Å². The van der Waals surface area contributed by atoms with Crippen LogP contribution >= 0.6 is 0 Å². The van der Waals surface area contributed by atoms with Gasteiger partial charge in [0.25, 0.3) is 0 Å². The molecular formula is C31H55NO2. The third kappa shape index (κ3) is 8.47. The van der Waals surface area contributed by atoms with Gasteiger partial charge in [0.15, 0.2) is 5.75 Å². The number of hydrogen-bond donors (Lipinski definition) is 0. The Morgan fingerprint density at radius 2 is 1.38 bits per heavy atom. The molecule has 0 fully saturated rings. The molecular weight excluding hydrogens is 418 g/mol. The molecule has 0 amide bonds. The number of benzene rings is 1. The lowest BCUT2D eigenvalue weighted by Gasteiger charge is -2.38. The van der Waals surface area contributed by atoms with Crippen molar-refractivity contribution in [1.82, 2.24) is 5.06 Å². The second-order valence-electron chi connectivity index (χ2n) is 12.3. The summed E-state index contributed by atoms with van der Waals surface area (Å²) in [6.07, 6.45) is 14.3. The largest absolute Gasteiger partial charge is 0.487 e. The lowest BCUT2D eigenvalue weighted by atomic mass is 9.83. The summed E-state index contributed by atoms with van der Waals surface area (Å²) < 4.78 is 6.75. The molecule has 1 aromatic rings. The molecule has 0 saturated heterocycles. The van der Waals surface area contributed by atoms with Crippen LogP contribution in [0.2, 0.25) is 0 Å². The molecule has 1 aromatic carbocycles. The standard InChI is InChI=1S/C31H55NO2/c1-22(2)14-11-15-23(3)16-12-17-24(4)18-13-20-31(8)21-19-28-27(7)29(34-32(9)10)25(5)26(6)30(28)33-31/h22-24H,11-21H2,1-10H3/t23-,24-,31-/m1/s1. The molecule has 1 aliphatic heterocycles. The fourth-order valence-corrected chi connectivity index (χ4v) is 5.58. The first-order valence-electron chi connectivity index (χ1n) is 14.1. The highest BCUT2D eigenvalue weighted by Gasteiger charge is 2.34. The minimum atomic E-state index is -0.0504. The zero-order chi connectivity index (χ0) is 25.5. The molecule has 34 heavy (non-hydrogen) atoms. The van der Waals surface area contributed by atoms with Crippen LogP contribution in [0.5, 0.6) is 11.5 Å². The van der Waals surface area contributed by atoms with Crippen molar-refractivity contribution in [1.29, 1.82) is 0 Å².